The van der Waals surface area contributed by atoms with Crippen molar-refractivity contribution in [1.29, 1.82) is 0 Å². The van der Waals surface area contributed by atoms with Gasteiger partial charge in [-0.2, -0.15) is 0 Å². The second-order valence-electron chi connectivity index (χ2n) is 1.10. The molecule has 0 spiro atoms. The van der Waals surface area contributed by atoms with Crippen molar-refractivity contribution in [2.24, 2.45) is 0 Å². The van der Waals surface area contributed by atoms with Crippen molar-refractivity contribution in [2.75, 3.05) is 0 Å². The summed E-state index contributed by atoms with van der Waals surface area (Å²) in [6, 6.07) is 0. The van der Waals surface area contributed by atoms with Crippen molar-refractivity contribution in [3.05, 3.63) is 5.54 Å². The van der Waals surface area contributed by atoms with E-state index in [-0.39, 0.29) is 18.9 Å². The van der Waals surface area contributed by atoms with E-state index < -0.39 is 0 Å². The second kappa shape index (κ2) is 2.07. The first kappa shape index (κ1) is 5.81. The monoisotopic (exact) mass is 75.0 g/mol. The second-order valence-corrected chi connectivity index (χ2v) is 1.81. The molecule has 0 aromatic carbocycles. The van der Waals surface area contributed by atoms with Crippen LogP contribution < -0.4 is 18.9 Å². The molecule has 0 aliphatic heterocycles. The summed E-state index contributed by atoms with van der Waals surface area (Å²) in [5, 5.41) is 0. The van der Waals surface area contributed by atoms with Crippen LogP contribution in [0, 0.1) is 5.54 Å². The first-order valence-corrected chi connectivity index (χ1v) is 1.96. The van der Waals surface area contributed by atoms with Gasteiger partial charge in [0, 0.05) is 0 Å². The van der Waals surface area contributed by atoms with Crippen molar-refractivity contribution in [1.82, 2.24) is 0 Å². The van der Waals surface area contributed by atoms with E-state index in [4.69, 9.17) is 0 Å². The quantitative estimate of drug-likeness (QED) is 0.220. The third-order valence-electron chi connectivity index (χ3n) is 0.500. The molecule has 0 bridgehead atoms. The summed E-state index contributed by atoms with van der Waals surface area (Å²) in [5.41, 5.74) is 1.47. The van der Waals surface area contributed by atoms with Gasteiger partial charge < -0.3 is 5.54 Å². The summed E-state index contributed by atoms with van der Waals surface area (Å²) in [5.74, 6) is 0. The van der Waals surface area contributed by atoms with Crippen molar-refractivity contribution < 1.29 is 18.9 Å². The molecule has 1 rings (SSSR count). The Bertz CT molecular complexity index is 26.1. The van der Waals surface area contributed by atoms with E-state index in [0.717, 1.165) is 0 Å². The fourth-order valence-corrected chi connectivity index (χ4v) is 0.187. The van der Waals surface area contributed by atoms with Gasteiger partial charge in [0.05, 0.1) is 0 Å². The first-order valence-electron chi connectivity index (χ1n) is 1.46. The van der Waals surface area contributed by atoms with E-state index in [9.17, 15) is 0 Å². The number of rotatable bonds is 0. The van der Waals surface area contributed by atoms with Crippen LogP contribution in [0.3, 0.4) is 0 Å². The van der Waals surface area contributed by atoms with E-state index in [1.54, 1.807) is 0 Å². The molecule has 1 saturated carbocycles. The Morgan fingerprint density at radius 3 is 1.60 bits per heavy atom. The van der Waals surface area contributed by atoms with Gasteiger partial charge in [-0.1, -0.05) is 0 Å². The van der Waals surface area contributed by atoms with Crippen LogP contribution in [-0.2, 0) is 0 Å². The van der Waals surface area contributed by atoms with Gasteiger partial charge in [-0.15, -0.1) is 0 Å². The van der Waals surface area contributed by atoms with Crippen molar-refractivity contribution in [3.8, 4) is 0 Å². The van der Waals surface area contributed by atoms with Crippen LogP contribution >= 0.6 is 0 Å². The zero-order valence-corrected chi connectivity index (χ0v) is 4.41. The fourth-order valence-electron chi connectivity index (χ4n) is 0.0625. The molecule has 0 atom stereocenters. The number of hydrogen-bond acceptors (Lipinski definition) is 0. The van der Waals surface area contributed by atoms with E-state index >= 15 is 0 Å². The standard InChI is InChI=1S/C3H4Si.Li/c4-3-1-2-3;/h1-2H2;/q-1;+1. The van der Waals surface area contributed by atoms with Gasteiger partial charge in [-0.05, 0) is 0 Å². The van der Waals surface area contributed by atoms with E-state index in [1.165, 1.54) is 18.4 Å². The molecule has 0 unspecified atom stereocenters. The van der Waals surface area contributed by atoms with Gasteiger partial charge >= 0.3 is 18.9 Å². The minimum Gasteiger partial charge on any atom is -0.330 e. The molecule has 3 radical (unpaired) electrons. The van der Waals surface area contributed by atoms with Gasteiger partial charge in [0.1, 0.15) is 0 Å². The van der Waals surface area contributed by atoms with Crippen molar-refractivity contribution in [2.45, 2.75) is 12.8 Å². The Hall–Kier alpha value is 0.814. The predicted octanol–water partition coefficient (Wildman–Crippen LogP) is -2.52. The topological polar surface area (TPSA) is 0 Å². The zero-order valence-electron chi connectivity index (χ0n) is 3.41. The van der Waals surface area contributed by atoms with Crippen LogP contribution in [0.1, 0.15) is 12.8 Å². The van der Waals surface area contributed by atoms with E-state index in [2.05, 4.69) is 10.2 Å². The average molecular weight is 75.1 g/mol. The van der Waals surface area contributed by atoms with Crippen LogP contribution in [-0.4, -0.2) is 10.2 Å². The van der Waals surface area contributed by atoms with Crippen LogP contribution in [0.15, 0.2) is 0 Å². The Labute approximate surface area is 47.9 Å². The summed E-state index contributed by atoms with van der Waals surface area (Å²) >= 11 is 0. The fraction of sp³-hybridized carbons (Fsp3) is 0.667. The van der Waals surface area contributed by atoms with Gasteiger partial charge in [-0.3, -0.25) is 0 Å². The Balaban J connectivity index is 0.000000160. The van der Waals surface area contributed by atoms with Crippen molar-refractivity contribution >= 4 is 10.2 Å². The molecule has 0 N–H and O–H groups in total. The first-order chi connectivity index (χ1) is 1.89. The Kier molecular flexibility index (Phi) is 2.41. The molecular formula is C3H4LiSi. The maximum Gasteiger partial charge on any atom is 1.00 e. The summed E-state index contributed by atoms with van der Waals surface area (Å²) < 4.78 is 0. The Morgan fingerprint density at radius 2 is 1.60 bits per heavy atom. The third-order valence-corrected chi connectivity index (χ3v) is 1.000. The molecule has 21 valence electrons. The van der Waals surface area contributed by atoms with Gasteiger partial charge in [0.2, 0.25) is 0 Å². The summed E-state index contributed by atoms with van der Waals surface area (Å²) in [6.45, 7) is 0. The molecule has 0 heterocycles. The van der Waals surface area contributed by atoms with Crippen LogP contribution in [0.2, 0.25) is 0 Å². The summed E-state index contributed by atoms with van der Waals surface area (Å²) in [7, 11) is 3.34. The molecule has 1 fully saturated rings. The Morgan fingerprint density at radius 1 is 1.40 bits per heavy atom. The van der Waals surface area contributed by atoms with Crippen LogP contribution in [0.25, 0.3) is 0 Å². The molecule has 1 aliphatic rings. The largest absolute Gasteiger partial charge is 1.00 e. The van der Waals surface area contributed by atoms with Crippen LogP contribution in [0.5, 0.6) is 0 Å². The molecule has 5 heavy (non-hydrogen) atoms. The predicted molar refractivity (Wildman–Crippen MR) is 18.2 cm³/mol. The smallest absolute Gasteiger partial charge is 0.330 e. The molecule has 0 saturated heterocycles. The van der Waals surface area contributed by atoms with Gasteiger partial charge in [-0.25, -0.2) is 23.1 Å². The molecule has 0 nitrogen and oxygen atoms in total. The molecule has 0 aromatic heterocycles. The maximum absolute atomic E-state index is 3.34. The van der Waals surface area contributed by atoms with E-state index in [0.29, 0.717) is 0 Å². The average Bonchev–Trinajstić information content (AvgIpc) is 1.75. The maximum atomic E-state index is 3.34. The SMILES string of the molecule is [Li+].[Si][C-]1CC1. The minimum atomic E-state index is 0. The molecule has 0 amide bonds. The molecule has 2 heteroatoms. The number of hydrogen-bond donors (Lipinski definition) is 0. The minimum absolute atomic E-state index is 0. The normalized spacial score (nSPS) is 21.0. The molecule has 0 aromatic rings. The van der Waals surface area contributed by atoms with E-state index in [1.807, 2.05) is 0 Å². The molecular weight excluding hydrogens is 71.1 g/mol. The van der Waals surface area contributed by atoms with Crippen molar-refractivity contribution in [3.63, 3.8) is 0 Å². The van der Waals surface area contributed by atoms with Gasteiger partial charge in [0.15, 0.2) is 0 Å². The van der Waals surface area contributed by atoms with Gasteiger partial charge in [0.25, 0.3) is 0 Å². The van der Waals surface area contributed by atoms with Crippen LogP contribution in [0.4, 0.5) is 0 Å². The third kappa shape index (κ3) is 2.62. The molecule has 1 aliphatic carbocycles. The zero-order chi connectivity index (χ0) is 2.99. The summed E-state index contributed by atoms with van der Waals surface area (Å²) in [4.78, 5) is 0. The summed E-state index contributed by atoms with van der Waals surface area (Å²) in [6.07, 6.45) is 2.63.